The van der Waals surface area contributed by atoms with E-state index in [4.69, 9.17) is 0 Å². The van der Waals surface area contributed by atoms with Crippen molar-refractivity contribution in [2.75, 3.05) is 24.5 Å². The Morgan fingerprint density at radius 1 is 1.19 bits per heavy atom. The molecule has 0 radical (unpaired) electrons. The number of anilines is 1. The zero-order valence-electron chi connectivity index (χ0n) is 14.3. The molecule has 1 atom stereocenters. The van der Waals surface area contributed by atoms with Gasteiger partial charge in [0.1, 0.15) is 5.82 Å². The van der Waals surface area contributed by atoms with E-state index in [-0.39, 0.29) is 11.9 Å². The minimum absolute atomic E-state index is 0.106. The number of hydrogen-bond donors (Lipinski definition) is 1. The molecular formula is C18H31FN2. The van der Waals surface area contributed by atoms with Crippen LogP contribution in [0.4, 0.5) is 10.1 Å². The SMILES string of the molecule is CCCCN(CC)c1cc(C)c(F)cc1C(C)NCCC. The van der Waals surface area contributed by atoms with Crippen LogP contribution in [0.15, 0.2) is 12.1 Å². The first kappa shape index (κ1) is 18.0. The summed E-state index contributed by atoms with van der Waals surface area (Å²) in [4.78, 5) is 2.37. The van der Waals surface area contributed by atoms with Crippen molar-refractivity contribution in [2.24, 2.45) is 0 Å². The lowest BCUT2D eigenvalue weighted by Crippen LogP contribution is -2.28. The fourth-order valence-electron chi connectivity index (χ4n) is 2.57. The second-order valence-electron chi connectivity index (χ2n) is 5.77. The highest BCUT2D eigenvalue weighted by Crippen LogP contribution is 2.29. The van der Waals surface area contributed by atoms with Gasteiger partial charge in [-0.2, -0.15) is 0 Å². The Labute approximate surface area is 129 Å². The number of hydrogen-bond acceptors (Lipinski definition) is 2. The van der Waals surface area contributed by atoms with Gasteiger partial charge in [0.25, 0.3) is 0 Å². The molecule has 2 nitrogen and oxygen atoms in total. The van der Waals surface area contributed by atoms with E-state index in [1.807, 2.05) is 13.0 Å². The Hall–Kier alpha value is -1.09. The van der Waals surface area contributed by atoms with Gasteiger partial charge in [-0.3, -0.25) is 0 Å². The smallest absolute Gasteiger partial charge is 0.126 e. The van der Waals surface area contributed by atoms with Crippen LogP contribution in [0.3, 0.4) is 0 Å². The molecule has 1 rings (SSSR count). The molecule has 0 spiro atoms. The van der Waals surface area contributed by atoms with Crippen LogP contribution in [0.5, 0.6) is 0 Å². The summed E-state index contributed by atoms with van der Waals surface area (Å²) in [5.41, 5.74) is 2.98. The zero-order chi connectivity index (χ0) is 15.8. The fraction of sp³-hybridized carbons (Fsp3) is 0.667. The molecule has 0 aliphatic carbocycles. The monoisotopic (exact) mass is 294 g/mol. The molecule has 0 amide bonds. The van der Waals surface area contributed by atoms with Crippen LogP contribution in [-0.2, 0) is 0 Å². The van der Waals surface area contributed by atoms with Gasteiger partial charge in [-0.1, -0.05) is 20.3 Å². The van der Waals surface area contributed by atoms with Crippen molar-refractivity contribution in [2.45, 2.75) is 59.9 Å². The molecule has 0 saturated carbocycles. The number of rotatable bonds is 9. The number of halogens is 1. The van der Waals surface area contributed by atoms with Gasteiger partial charge in [0.2, 0.25) is 0 Å². The van der Waals surface area contributed by atoms with Crippen LogP contribution >= 0.6 is 0 Å². The highest BCUT2D eigenvalue weighted by molar-refractivity contribution is 5.57. The third-order valence-corrected chi connectivity index (χ3v) is 3.98. The van der Waals surface area contributed by atoms with Crippen molar-refractivity contribution in [3.63, 3.8) is 0 Å². The number of nitrogens with zero attached hydrogens (tertiary/aromatic N) is 1. The summed E-state index contributed by atoms with van der Waals surface area (Å²) < 4.78 is 14.0. The summed E-state index contributed by atoms with van der Waals surface area (Å²) in [6, 6.07) is 3.89. The van der Waals surface area contributed by atoms with Crippen molar-refractivity contribution in [1.82, 2.24) is 5.32 Å². The first-order chi connectivity index (χ1) is 10.0. The number of unbranched alkanes of at least 4 members (excludes halogenated alkanes) is 1. The molecule has 1 aromatic carbocycles. The van der Waals surface area contributed by atoms with Crippen LogP contribution in [0.1, 0.15) is 64.1 Å². The Morgan fingerprint density at radius 3 is 2.48 bits per heavy atom. The lowest BCUT2D eigenvalue weighted by molar-refractivity contribution is 0.558. The standard InChI is InChI=1S/C18H31FN2/c1-6-9-11-21(8-3)18-12-14(4)17(19)13-16(18)15(5)20-10-7-2/h12-13,15,20H,6-11H2,1-5H3. The largest absolute Gasteiger partial charge is 0.372 e. The Morgan fingerprint density at radius 2 is 1.90 bits per heavy atom. The van der Waals surface area contributed by atoms with Crippen LogP contribution < -0.4 is 10.2 Å². The number of benzene rings is 1. The number of nitrogens with one attached hydrogen (secondary N) is 1. The summed E-state index contributed by atoms with van der Waals surface area (Å²) in [6.07, 6.45) is 3.43. The van der Waals surface area contributed by atoms with Gasteiger partial charge in [-0.05, 0) is 63.4 Å². The maximum Gasteiger partial charge on any atom is 0.126 e. The second-order valence-corrected chi connectivity index (χ2v) is 5.77. The molecule has 120 valence electrons. The second kappa shape index (κ2) is 9.04. The highest BCUT2D eigenvalue weighted by atomic mass is 19.1. The molecule has 3 heteroatoms. The minimum Gasteiger partial charge on any atom is -0.372 e. The van der Waals surface area contributed by atoms with Gasteiger partial charge >= 0.3 is 0 Å². The van der Waals surface area contributed by atoms with Crippen LogP contribution in [0.25, 0.3) is 0 Å². The highest BCUT2D eigenvalue weighted by Gasteiger charge is 2.17. The van der Waals surface area contributed by atoms with E-state index in [1.54, 1.807) is 6.07 Å². The lowest BCUT2D eigenvalue weighted by atomic mass is 10.0. The van der Waals surface area contributed by atoms with Gasteiger partial charge in [0.15, 0.2) is 0 Å². The molecule has 0 saturated heterocycles. The summed E-state index contributed by atoms with van der Waals surface area (Å²) in [5, 5.41) is 3.48. The Kier molecular flexibility index (Phi) is 7.73. The van der Waals surface area contributed by atoms with Crippen molar-refractivity contribution < 1.29 is 4.39 Å². The molecule has 1 unspecified atom stereocenters. The summed E-state index contributed by atoms with van der Waals surface area (Å²) in [5.74, 6) is -0.106. The van der Waals surface area contributed by atoms with Crippen LogP contribution in [0, 0.1) is 12.7 Å². The molecule has 0 heterocycles. The normalized spacial score (nSPS) is 12.5. The van der Waals surface area contributed by atoms with E-state index in [0.29, 0.717) is 0 Å². The predicted octanol–water partition coefficient (Wildman–Crippen LogP) is 4.82. The summed E-state index contributed by atoms with van der Waals surface area (Å²) in [7, 11) is 0. The van der Waals surface area contributed by atoms with E-state index in [2.05, 4.69) is 37.9 Å². The quantitative estimate of drug-likeness (QED) is 0.702. The van der Waals surface area contributed by atoms with Crippen molar-refractivity contribution in [3.8, 4) is 0 Å². The van der Waals surface area contributed by atoms with Crippen LogP contribution in [-0.4, -0.2) is 19.6 Å². The van der Waals surface area contributed by atoms with E-state index in [0.717, 1.165) is 37.2 Å². The average molecular weight is 294 g/mol. The Bertz CT molecular complexity index is 431. The van der Waals surface area contributed by atoms with Crippen molar-refractivity contribution in [3.05, 3.63) is 29.1 Å². The summed E-state index contributed by atoms with van der Waals surface area (Å²) >= 11 is 0. The van der Waals surface area contributed by atoms with Gasteiger partial charge in [0, 0.05) is 24.8 Å². The maximum absolute atomic E-state index is 14.0. The molecule has 0 fully saturated rings. The average Bonchev–Trinajstić information content (AvgIpc) is 2.48. The van der Waals surface area contributed by atoms with E-state index in [1.165, 1.54) is 18.5 Å². The molecule has 21 heavy (non-hydrogen) atoms. The molecule has 1 N–H and O–H groups in total. The van der Waals surface area contributed by atoms with Gasteiger partial charge in [0.05, 0.1) is 0 Å². The molecule has 0 aromatic heterocycles. The topological polar surface area (TPSA) is 15.3 Å². The third-order valence-electron chi connectivity index (χ3n) is 3.98. The van der Waals surface area contributed by atoms with Gasteiger partial charge in [-0.15, -0.1) is 0 Å². The van der Waals surface area contributed by atoms with Crippen molar-refractivity contribution >= 4 is 5.69 Å². The Balaban J connectivity index is 3.11. The molecule has 0 aliphatic heterocycles. The summed E-state index contributed by atoms with van der Waals surface area (Å²) in [6.45, 7) is 13.4. The van der Waals surface area contributed by atoms with Gasteiger partial charge < -0.3 is 10.2 Å². The number of aryl methyl sites for hydroxylation is 1. The third kappa shape index (κ3) is 4.99. The lowest BCUT2D eigenvalue weighted by Gasteiger charge is -2.29. The molecular weight excluding hydrogens is 263 g/mol. The molecule has 1 aromatic rings. The van der Waals surface area contributed by atoms with Crippen LogP contribution in [0.2, 0.25) is 0 Å². The van der Waals surface area contributed by atoms with Crippen molar-refractivity contribution in [1.29, 1.82) is 0 Å². The van der Waals surface area contributed by atoms with E-state index < -0.39 is 0 Å². The van der Waals surface area contributed by atoms with E-state index in [9.17, 15) is 4.39 Å². The molecule has 0 bridgehead atoms. The predicted molar refractivity (Wildman–Crippen MR) is 90.6 cm³/mol. The van der Waals surface area contributed by atoms with Gasteiger partial charge in [-0.25, -0.2) is 4.39 Å². The zero-order valence-corrected chi connectivity index (χ0v) is 14.3. The first-order valence-electron chi connectivity index (χ1n) is 8.33. The fourth-order valence-corrected chi connectivity index (χ4v) is 2.57. The molecule has 0 aliphatic rings. The minimum atomic E-state index is -0.106. The van der Waals surface area contributed by atoms with E-state index >= 15 is 0 Å². The first-order valence-corrected chi connectivity index (χ1v) is 8.33. The maximum atomic E-state index is 14.0.